The van der Waals surface area contributed by atoms with Gasteiger partial charge in [-0.2, -0.15) is 0 Å². The molecule has 4 nitrogen and oxygen atoms in total. The smallest absolute Gasteiger partial charge is 0.245 e. The van der Waals surface area contributed by atoms with Gasteiger partial charge in [-0.1, -0.05) is 12.1 Å². The molecule has 1 aromatic rings. The molecule has 20 heavy (non-hydrogen) atoms. The summed E-state index contributed by atoms with van der Waals surface area (Å²) in [6.07, 6.45) is 1.98. The van der Waals surface area contributed by atoms with E-state index in [1.807, 2.05) is 0 Å². The van der Waals surface area contributed by atoms with Crippen LogP contribution in [0.1, 0.15) is 24.8 Å². The van der Waals surface area contributed by atoms with Gasteiger partial charge in [0.25, 0.3) is 0 Å². The van der Waals surface area contributed by atoms with Crippen molar-refractivity contribution in [2.45, 2.75) is 31.8 Å². The molecule has 0 radical (unpaired) electrons. The maximum Gasteiger partial charge on any atom is 0.245 e. The summed E-state index contributed by atoms with van der Waals surface area (Å²) in [6, 6.07) is 5.95. The zero-order chi connectivity index (χ0) is 14.1. The highest BCUT2D eigenvalue weighted by Crippen LogP contribution is 2.24. The summed E-state index contributed by atoms with van der Waals surface area (Å²) in [4.78, 5) is 27.9. The van der Waals surface area contributed by atoms with Gasteiger partial charge in [0.2, 0.25) is 11.8 Å². The number of carbonyl (C=O) groups is 2. The van der Waals surface area contributed by atoms with Crippen LogP contribution in [0.5, 0.6) is 0 Å². The van der Waals surface area contributed by atoms with Gasteiger partial charge in [0.15, 0.2) is 0 Å². The summed E-state index contributed by atoms with van der Waals surface area (Å²) in [7, 11) is 0. The highest BCUT2D eigenvalue weighted by atomic mass is 19.1. The van der Waals surface area contributed by atoms with Crippen LogP contribution in [-0.4, -0.2) is 40.7 Å². The Bertz CT molecular complexity index is 546. The van der Waals surface area contributed by atoms with Crippen molar-refractivity contribution in [1.29, 1.82) is 0 Å². The van der Waals surface area contributed by atoms with Crippen molar-refractivity contribution in [3.8, 4) is 0 Å². The number of fused-ring (bicyclic) bond motifs is 1. The minimum atomic E-state index is -0.307. The number of amides is 2. The van der Waals surface area contributed by atoms with Gasteiger partial charge < -0.3 is 9.80 Å². The number of hydrogen-bond acceptors (Lipinski definition) is 2. The van der Waals surface area contributed by atoms with E-state index in [9.17, 15) is 14.0 Å². The lowest BCUT2D eigenvalue weighted by molar-refractivity contribution is -0.139. The first-order valence-electron chi connectivity index (χ1n) is 6.98. The normalized spacial score (nSPS) is 22.9. The first-order valence-corrected chi connectivity index (χ1v) is 6.98. The van der Waals surface area contributed by atoms with E-state index in [4.69, 9.17) is 0 Å². The number of carbonyl (C=O) groups excluding carboxylic acids is 2. The second kappa shape index (κ2) is 5.23. The van der Waals surface area contributed by atoms with Crippen molar-refractivity contribution in [2.75, 3.05) is 13.1 Å². The van der Waals surface area contributed by atoms with Crippen molar-refractivity contribution < 1.29 is 14.0 Å². The van der Waals surface area contributed by atoms with E-state index in [0.717, 1.165) is 18.4 Å². The molecule has 0 aliphatic carbocycles. The van der Waals surface area contributed by atoms with Gasteiger partial charge in [0.05, 0.1) is 0 Å². The molecule has 0 aromatic heterocycles. The minimum Gasteiger partial charge on any atom is -0.336 e. The van der Waals surface area contributed by atoms with Crippen molar-refractivity contribution in [3.63, 3.8) is 0 Å². The Kier molecular flexibility index (Phi) is 3.42. The third kappa shape index (κ3) is 2.40. The molecule has 3 rings (SSSR count). The molecule has 0 saturated carbocycles. The Morgan fingerprint density at radius 1 is 1.25 bits per heavy atom. The molecule has 0 bridgehead atoms. The predicted octanol–water partition coefficient (Wildman–Crippen LogP) is 1.55. The summed E-state index contributed by atoms with van der Waals surface area (Å²) >= 11 is 0. The molecule has 0 spiro atoms. The lowest BCUT2D eigenvalue weighted by atomic mass is 10.1. The zero-order valence-corrected chi connectivity index (χ0v) is 11.2. The summed E-state index contributed by atoms with van der Waals surface area (Å²) in [5.74, 6) is -0.247. The molecular formula is C15H17FN2O2. The largest absolute Gasteiger partial charge is 0.336 e. The fourth-order valence-electron chi connectivity index (χ4n) is 3.03. The minimum absolute atomic E-state index is 0.00221. The number of nitrogens with zero attached hydrogens (tertiary/aromatic N) is 2. The number of hydrogen-bond donors (Lipinski definition) is 0. The monoisotopic (exact) mass is 276 g/mol. The predicted molar refractivity (Wildman–Crippen MR) is 71.2 cm³/mol. The molecule has 2 saturated heterocycles. The molecule has 2 fully saturated rings. The maximum absolute atomic E-state index is 13.2. The lowest BCUT2D eigenvalue weighted by Gasteiger charge is -2.25. The molecule has 1 unspecified atom stereocenters. The SMILES string of the molecule is O=C1C2CCCN2C(=O)CCN1Cc1cccc(F)c1. The highest BCUT2D eigenvalue weighted by Gasteiger charge is 2.39. The van der Waals surface area contributed by atoms with Crippen LogP contribution in [0.2, 0.25) is 0 Å². The Morgan fingerprint density at radius 2 is 2.10 bits per heavy atom. The maximum atomic E-state index is 13.2. The molecule has 1 aromatic carbocycles. The summed E-state index contributed by atoms with van der Waals surface area (Å²) in [6.45, 7) is 1.47. The van der Waals surface area contributed by atoms with E-state index in [1.165, 1.54) is 12.1 Å². The fourth-order valence-corrected chi connectivity index (χ4v) is 3.03. The van der Waals surface area contributed by atoms with Crippen molar-refractivity contribution in [1.82, 2.24) is 9.80 Å². The fraction of sp³-hybridized carbons (Fsp3) is 0.467. The molecule has 2 amide bonds. The van der Waals surface area contributed by atoms with Crippen LogP contribution < -0.4 is 0 Å². The van der Waals surface area contributed by atoms with E-state index in [2.05, 4.69) is 0 Å². The van der Waals surface area contributed by atoms with Crippen molar-refractivity contribution >= 4 is 11.8 Å². The molecule has 2 aliphatic rings. The van der Waals surface area contributed by atoms with Gasteiger partial charge in [-0.25, -0.2) is 4.39 Å². The molecule has 0 N–H and O–H groups in total. The van der Waals surface area contributed by atoms with E-state index >= 15 is 0 Å². The second-order valence-electron chi connectivity index (χ2n) is 5.38. The molecule has 106 valence electrons. The van der Waals surface area contributed by atoms with Crippen LogP contribution in [-0.2, 0) is 16.1 Å². The van der Waals surface area contributed by atoms with E-state index < -0.39 is 0 Å². The first-order chi connectivity index (χ1) is 9.65. The van der Waals surface area contributed by atoms with Crippen molar-refractivity contribution in [2.24, 2.45) is 0 Å². The van der Waals surface area contributed by atoms with E-state index in [1.54, 1.807) is 21.9 Å². The standard InChI is InChI=1S/C15H17FN2O2/c16-12-4-1-3-11(9-12)10-17-8-6-14(19)18-7-2-5-13(18)15(17)20/h1,3-4,9,13H,2,5-8,10H2. The topological polar surface area (TPSA) is 40.6 Å². The summed E-state index contributed by atoms with van der Waals surface area (Å²) in [5, 5.41) is 0. The van der Waals surface area contributed by atoms with E-state index in [-0.39, 0.29) is 23.7 Å². The van der Waals surface area contributed by atoms with Gasteiger partial charge in [0.1, 0.15) is 11.9 Å². The molecular weight excluding hydrogens is 259 g/mol. The van der Waals surface area contributed by atoms with E-state index in [0.29, 0.717) is 26.1 Å². The molecule has 1 atom stereocenters. The Morgan fingerprint density at radius 3 is 2.90 bits per heavy atom. The average molecular weight is 276 g/mol. The number of rotatable bonds is 2. The third-order valence-electron chi connectivity index (χ3n) is 4.03. The van der Waals surface area contributed by atoms with Crippen LogP contribution in [0.3, 0.4) is 0 Å². The summed E-state index contributed by atoms with van der Waals surface area (Å²) in [5.41, 5.74) is 0.761. The van der Waals surface area contributed by atoms with Gasteiger partial charge >= 0.3 is 0 Å². The van der Waals surface area contributed by atoms with Crippen molar-refractivity contribution in [3.05, 3.63) is 35.6 Å². The van der Waals surface area contributed by atoms with Crippen LogP contribution in [0.25, 0.3) is 0 Å². The van der Waals surface area contributed by atoms with Crippen LogP contribution in [0.15, 0.2) is 24.3 Å². The first kappa shape index (κ1) is 13.1. The van der Waals surface area contributed by atoms with Crippen LogP contribution >= 0.6 is 0 Å². The Labute approximate surface area is 117 Å². The second-order valence-corrected chi connectivity index (χ2v) is 5.38. The zero-order valence-electron chi connectivity index (χ0n) is 11.2. The third-order valence-corrected chi connectivity index (χ3v) is 4.03. The number of benzene rings is 1. The highest BCUT2D eigenvalue weighted by molar-refractivity contribution is 5.90. The summed E-state index contributed by atoms with van der Waals surface area (Å²) < 4.78 is 13.2. The molecule has 5 heteroatoms. The van der Waals surface area contributed by atoms with Crippen LogP contribution in [0, 0.1) is 5.82 Å². The molecule has 2 aliphatic heterocycles. The van der Waals surface area contributed by atoms with Gasteiger partial charge in [-0.15, -0.1) is 0 Å². The molecule has 2 heterocycles. The average Bonchev–Trinajstić information content (AvgIpc) is 2.88. The van der Waals surface area contributed by atoms with Crippen LogP contribution in [0.4, 0.5) is 4.39 Å². The van der Waals surface area contributed by atoms with Gasteiger partial charge in [-0.05, 0) is 30.5 Å². The van der Waals surface area contributed by atoms with Gasteiger partial charge in [-0.3, -0.25) is 9.59 Å². The Hall–Kier alpha value is -1.91. The Balaban J connectivity index is 1.79. The number of halogens is 1. The quantitative estimate of drug-likeness (QED) is 0.822. The van der Waals surface area contributed by atoms with Gasteiger partial charge in [0, 0.05) is 26.1 Å². The lowest BCUT2D eigenvalue weighted by Crippen LogP contribution is -2.43.